The van der Waals surface area contributed by atoms with Crippen LogP contribution in [0.4, 0.5) is 17.1 Å². The molecule has 0 saturated carbocycles. The molecule has 0 atom stereocenters. The zero-order chi connectivity index (χ0) is 12.1. The maximum Gasteiger partial charge on any atom is 0.315 e. The van der Waals surface area contributed by atoms with Crippen molar-refractivity contribution in [2.75, 3.05) is 24.2 Å². The molecule has 0 bridgehead atoms. The lowest BCUT2D eigenvalue weighted by Gasteiger charge is -2.19. The Hall–Kier alpha value is -1.78. The van der Waals surface area contributed by atoms with Crippen LogP contribution in [0.25, 0.3) is 0 Å². The van der Waals surface area contributed by atoms with Crippen molar-refractivity contribution in [1.29, 1.82) is 0 Å². The number of nitro groups is 1. The van der Waals surface area contributed by atoms with E-state index in [1.807, 2.05) is 11.9 Å². The van der Waals surface area contributed by atoms with Crippen molar-refractivity contribution >= 4 is 17.1 Å². The highest BCUT2D eigenvalue weighted by Crippen LogP contribution is 2.32. The van der Waals surface area contributed by atoms with Gasteiger partial charge in [-0.05, 0) is 18.6 Å². The number of hydrogen-bond acceptors (Lipinski definition) is 4. The van der Waals surface area contributed by atoms with Crippen LogP contribution in [-0.4, -0.2) is 18.5 Å². The quantitative estimate of drug-likeness (QED) is 0.472. The molecule has 0 aromatic heterocycles. The number of rotatable bonds is 5. The largest absolute Gasteiger partial charge is 0.393 e. The summed E-state index contributed by atoms with van der Waals surface area (Å²) < 4.78 is 0. The van der Waals surface area contributed by atoms with Crippen LogP contribution in [0.3, 0.4) is 0 Å². The number of unbranched alkanes of at least 4 members (excludes halogenated alkanes) is 1. The van der Waals surface area contributed by atoms with Crippen molar-refractivity contribution in [2.24, 2.45) is 0 Å². The molecule has 2 N–H and O–H groups in total. The number of benzene rings is 1. The molecule has 0 spiro atoms. The van der Waals surface area contributed by atoms with E-state index in [0.29, 0.717) is 5.69 Å². The van der Waals surface area contributed by atoms with Crippen LogP contribution >= 0.6 is 0 Å². The average molecular weight is 223 g/mol. The summed E-state index contributed by atoms with van der Waals surface area (Å²) in [5.41, 5.74) is 6.42. The molecule has 0 radical (unpaired) electrons. The standard InChI is InChI=1S/C11H17N3O2/c1-3-4-8-13(2)10-7-5-6-9(12)11(10)14(15)16/h5-7H,3-4,8,12H2,1-2H3. The molecular weight excluding hydrogens is 206 g/mol. The van der Waals surface area contributed by atoms with Crippen LogP contribution in [-0.2, 0) is 0 Å². The first-order chi connectivity index (χ1) is 7.57. The van der Waals surface area contributed by atoms with E-state index in [4.69, 9.17) is 5.73 Å². The number of anilines is 2. The van der Waals surface area contributed by atoms with Crippen LogP contribution in [0, 0.1) is 10.1 Å². The average Bonchev–Trinajstić information content (AvgIpc) is 2.24. The fourth-order valence-electron chi connectivity index (χ4n) is 1.57. The van der Waals surface area contributed by atoms with Crippen molar-refractivity contribution in [3.8, 4) is 0 Å². The second-order valence-corrected chi connectivity index (χ2v) is 3.75. The molecule has 5 nitrogen and oxygen atoms in total. The molecule has 0 aliphatic rings. The van der Waals surface area contributed by atoms with Crippen LogP contribution < -0.4 is 10.6 Å². The zero-order valence-electron chi connectivity index (χ0n) is 9.64. The van der Waals surface area contributed by atoms with Gasteiger partial charge in [-0.1, -0.05) is 19.4 Å². The van der Waals surface area contributed by atoms with E-state index in [9.17, 15) is 10.1 Å². The predicted molar refractivity (Wildman–Crippen MR) is 65.7 cm³/mol. The van der Waals surface area contributed by atoms with Crippen molar-refractivity contribution in [3.05, 3.63) is 28.3 Å². The molecule has 0 fully saturated rings. The normalized spacial score (nSPS) is 10.1. The van der Waals surface area contributed by atoms with Crippen molar-refractivity contribution in [3.63, 3.8) is 0 Å². The van der Waals surface area contributed by atoms with Gasteiger partial charge in [0.15, 0.2) is 0 Å². The van der Waals surface area contributed by atoms with Gasteiger partial charge in [-0.3, -0.25) is 10.1 Å². The van der Waals surface area contributed by atoms with Gasteiger partial charge in [-0.2, -0.15) is 0 Å². The van der Waals surface area contributed by atoms with Gasteiger partial charge in [0.2, 0.25) is 0 Å². The molecule has 88 valence electrons. The third-order valence-electron chi connectivity index (χ3n) is 2.49. The van der Waals surface area contributed by atoms with Crippen LogP contribution in [0.15, 0.2) is 18.2 Å². The van der Waals surface area contributed by atoms with Crippen LogP contribution in [0.2, 0.25) is 0 Å². The Morgan fingerprint density at radius 3 is 2.75 bits per heavy atom. The Labute approximate surface area is 95.0 Å². The first kappa shape index (κ1) is 12.3. The Bertz CT molecular complexity index is 379. The lowest BCUT2D eigenvalue weighted by atomic mass is 10.2. The minimum Gasteiger partial charge on any atom is -0.393 e. The topological polar surface area (TPSA) is 72.4 Å². The Morgan fingerprint density at radius 1 is 1.50 bits per heavy atom. The van der Waals surface area contributed by atoms with E-state index >= 15 is 0 Å². The van der Waals surface area contributed by atoms with E-state index in [1.165, 1.54) is 0 Å². The second kappa shape index (κ2) is 5.34. The number of hydrogen-bond donors (Lipinski definition) is 1. The third-order valence-corrected chi connectivity index (χ3v) is 2.49. The smallest absolute Gasteiger partial charge is 0.315 e. The van der Waals surface area contributed by atoms with Crippen LogP contribution in [0.5, 0.6) is 0 Å². The number of nitrogens with zero attached hydrogens (tertiary/aromatic N) is 2. The summed E-state index contributed by atoms with van der Waals surface area (Å²) >= 11 is 0. The monoisotopic (exact) mass is 223 g/mol. The summed E-state index contributed by atoms with van der Waals surface area (Å²) in [6.45, 7) is 2.88. The van der Waals surface area contributed by atoms with Gasteiger partial charge in [0.05, 0.1) is 4.92 Å². The van der Waals surface area contributed by atoms with E-state index in [1.54, 1.807) is 18.2 Å². The molecule has 16 heavy (non-hydrogen) atoms. The fourth-order valence-corrected chi connectivity index (χ4v) is 1.57. The van der Waals surface area contributed by atoms with Gasteiger partial charge in [-0.25, -0.2) is 0 Å². The number of para-hydroxylation sites is 1. The highest BCUT2D eigenvalue weighted by atomic mass is 16.6. The molecule has 1 rings (SSSR count). The van der Waals surface area contributed by atoms with E-state index in [-0.39, 0.29) is 11.4 Å². The van der Waals surface area contributed by atoms with E-state index in [0.717, 1.165) is 19.4 Å². The lowest BCUT2D eigenvalue weighted by Crippen LogP contribution is -2.19. The zero-order valence-corrected chi connectivity index (χ0v) is 9.64. The van der Waals surface area contributed by atoms with Gasteiger partial charge >= 0.3 is 5.69 Å². The summed E-state index contributed by atoms with van der Waals surface area (Å²) in [7, 11) is 1.84. The Kier molecular flexibility index (Phi) is 4.10. The molecule has 0 aliphatic heterocycles. The SMILES string of the molecule is CCCCN(C)c1cccc(N)c1[N+](=O)[O-]. The number of nitro benzene ring substituents is 1. The van der Waals surface area contributed by atoms with Gasteiger partial charge in [-0.15, -0.1) is 0 Å². The molecule has 0 saturated heterocycles. The number of nitrogen functional groups attached to an aromatic ring is 1. The number of nitrogens with two attached hydrogens (primary N) is 1. The molecular formula is C11H17N3O2. The molecule has 0 amide bonds. The molecule has 1 aromatic carbocycles. The van der Waals surface area contributed by atoms with E-state index < -0.39 is 4.92 Å². The second-order valence-electron chi connectivity index (χ2n) is 3.75. The minimum atomic E-state index is -0.423. The Balaban J connectivity index is 3.02. The maximum absolute atomic E-state index is 10.9. The van der Waals surface area contributed by atoms with Crippen molar-refractivity contribution in [1.82, 2.24) is 0 Å². The first-order valence-electron chi connectivity index (χ1n) is 5.32. The van der Waals surface area contributed by atoms with Gasteiger partial charge < -0.3 is 10.6 Å². The summed E-state index contributed by atoms with van der Waals surface area (Å²) in [4.78, 5) is 12.4. The predicted octanol–water partition coefficient (Wildman–Crippen LogP) is 2.41. The molecule has 0 unspecified atom stereocenters. The third kappa shape index (κ3) is 2.62. The van der Waals surface area contributed by atoms with Gasteiger partial charge in [0.1, 0.15) is 11.4 Å². The summed E-state index contributed by atoms with van der Waals surface area (Å²) in [5, 5.41) is 10.9. The van der Waals surface area contributed by atoms with Gasteiger partial charge in [0, 0.05) is 13.6 Å². The van der Waals surface area contributed by atoms with E-state index in [2.05, 4.69) is 6.92 Å². The summed E-state index contributed by atoms with van der Waals surface area (Å²) in [6, 6.07) is 5.01. The van der Waals surface area contributed by atoms with Gasteiger partial charge in [0.25, 0.3) is 0 Å². The molecule has 5 heteroatoms. The highest BCUT2D eigenvalue weighted by molar-refractivity contribution is 5.75. The van der Waals surface area contributed by atoms with Crippen molar-refractivity contribution < 1.29 is 4.92 Å². The highest BCUT2D eigenvalue weighted by Gasteiger charge is 2.19. The Morgan fingerprint density at radius 2 is 2.19 bits per heavy atom. The summed E-state index contributed by atoms with van der Waals surface area (Å²) in [6.07, 6.45) is 2.06. The van der Waals surface area contributed by atoms with Crippen LogP contribution in [0.1, 0.15) is 19.8 Å². The maximum atomic E-state index is 10.9. The molecule has 0 heterocycles. The molecule has 0 aliphatic carbocycles. The fraction of sp³-hybridized carbons (Fsp3) is 0.455. The van der Waals surface area contributed by atoms with Crippen molar-refractivity contribution in [2.45, 2.75) is 19.8 Å². The first-order valence-corrected chi connectivity index (χ1v) is 5.32. The minimum absolute atomic E-state index is 0.00102. The molecule has 1 aromatic rings. The summed E-state index contributed by atoms with van der Waals surface area (Å²) in [5.74, 6) is 0. The lowest BCUT2D eigenvalue weighted by molar-refractivity contribution is -0.383.